The van der Waals surface area contributed by atoms with Gasteiger partial charge in [0.25, 0.3) is 0 Å². The van der Waals surface area contributed by atoms with Crippen molar-refractivity contribution < 1.29 is 5.11 Å². The molecule has 1 aliphatic rings. The summed E-state index contributed by atoms with van der Waals surface area (Å²) in [5.74, 6) is 0. The van der Waals surface area contributed by atoms with Crippen LogP contribution in [-0.2, 0) is 6.54 Å². The first-order valence-electron chi connectivity index (χ1n) is 7.19. The van der Waals surface area contributed by atoms with E-state index < -0.39 is 0 Å². The zero-order valence-corrected chi connectivity index (χ0v) is 12.0. The van der Waals surface area contributed by atoms with Crippen LogP contribution in [0.2, 0.25) is 0 Å². The molecule has 1 aromatic heterocycles. The Morgan fingerprint density at radius 1 is 1.37 bits per heavy atom. The van der Waals surface area contributed by atoms with Crippen molar-refractivity contribution in [3.63, 3.8) is 0 Å². The van der Waals surface area contributed by atoms with Crippen LogP contribution >= 0.6 is 0 Å². The van der Waals surface area contributed by atoms with Crippen molar-refractivity contribution in [2.75, 3.05) is 18.9 Å². The third-order valence-corrected chi connectivity index (χ3v) is 4.24. The molecule has 3 N–H and O–H groups in total. The molecule has 2 rings (SSSR count). The second-order valence-corrected chi connectivity index (χ2v) is 5.58. The molecule has 0 saturated carbocycles. The summed E-state index contributed by atoms with van der Waals surface area (Å²) in [6.45, 7) is 6.10. The molecule has 4 nitrogen and oxygen atoms in total. The first kappa shape index (κ1) is 14.3. The number of hydrogen-bond donors (Lipinski definition) is 2. The fourth-order valence-corrected chi connectivity index (χ4v) is 2.80. The second-order valence-electron chi connectivity index (χ2n) is 5.58. The van der Waals surface area contributed by atoms with Crippen LogP contribution in [0.1, 0.15) is 42.5 Å². The minimum Gasteiger partial charge on any atom is -0.398 e. The third-order valence-electron chi connectivity index (χ3n) is 4.24. The minimum absolute atomic E-state index is 0.236. The summed E-state index contributed by atoms with van der Waals surface area (Å²) in [5.41, 5.74) is 10.1. The molecule has 1 fully saturated rings. The SMILES string of the molecule is Cc1cnc(CN2CCCCCC2CO)c(C)c1N. The van der Waals surface area contributed by atoms with Gasteiger partial charge in [-0.1, -0.05) is 12.8 Å². The molecule has 0 amide bonds. The van der Waals surface area contributed by atoms with Gasteiger partial charge in [0.2, 0.25) is 0 Å². The summed E-state index contributed by atoms with van der Waals surface area (Å²) >= 11 is 0. The van der Waals surface area contributed by atoms with Gasteiger partial charge >= 0.3 is 0 Å². The summed E-state index contributed by atoms with van der Waals surface area (Å²) in [4.78, 5) is 6.89. The van der Waals surface area contributed by atoms with E-state index in [1.165, 1.54) is 19.3 Å². The standard InChI is InChI=1S/C15H25N3O/c1-11-8-17-14(12(2)15(11)16)9-18-7-5-3-4-6-13(18)10-19/h8,13,19H,3-7,9-10H2,1-2H3,(H2,16,17). The Bertz CT molecular complexity index is 434. The normalized spacial score (nSPS) is 21.3. The highest BCUT2D eigenvalue weighted by atomic mass is 16.3. The maximum Gasteiger partial charge on any atom is 0.0593 e. The van der Waals surface area contributed by atoms with Gasteiger partial charge < -0.3 is 10.8 Å². The molecule has 0 radical (unpaired) electrons. The molecule has 1 aromatic rings. The predicted molar refractivity (Wildman–Crippen MR) is 77.9 cm³/mol. The van der Waals surface area contributed by atoms with Gasteiger partial charge in [0, 0.05) is 24.5 Å². The molecule has 1 aliphatic heterocycles. The van der Waals surface area contributed by atoms with Gasteiger partial charge in [-0.3, -0.25) is 9.88 Å². The number of rotatable bonds is 3. The van der Waals surface area contributed by atoms with E-state index in [4.69, 9.17) is 5.73 Å². The first-order valence-corrected chi connectivity index (χ1v) is 7.19. The van der Waals surface area contributed by atoms with E-state index in [2.05, 4.69) is 9.88 Å². The molecule has 0 aliphatic carbocycles. The highest BCUT2D eigenvalue weighted by Crippen LogP contribution is 2.23. The fraction of sp³-hybridized carbons (Fsp3) is 0.667. The average molecular weight is 263 g/mol. The van der Waals surface area contributed by atoms with Gasteiger partial charge in [-0.05, 0) is 44.4 Å². The van der Waals surface area contributed by atoms with E-state index >= 15 is 0 Å². The van der Waals surface area contributed by atoms with Crippen LogP contribution in [-0.4, -0.2) is 34.2 Å². The van der Waals surface area contributed by atoms with Crippen LogP contribution in [0.4, 0.5) is 5.69 Å². The molecule has 2 heterocycles. The van der Waals surface area contributed by atoms with Crippen molar-refractivity contribution in [2.24, 2.45) is 0 Å². The van der Waals surface area contributed by atoms with Crippen molar-refractivity contribution in [3.8, 4) is 0 Å². The Morgan fingerprint density at radius 3 is 2.89 bits per heavy atom. The van der Waals surface area contributed by atoms with Gasteiger partial charge in [-0.2, -0.15) is 0 Å². The van der Waals surface area contributed by atoms with Crippen LogP contribution in [0.25, 0.3) is 0 Å². The fourth-order valence-electron chi connectivity index (χ4n) is 2.80. The maximum atomic E-state index is 9.55. The van der Waals surface area contributed by atoms with Gasteiger partial charge in [-0.15, -0.1) is 0 Å². The minimum atomic E-state index is 0.236. The van der Waals surface area contributed by atoms with E-state index in [-0.39, 0.29) is 12.6 Å². The molecule has 19 heavy (non-hydrogen) atoms. The van der Waals surface area contributed by atoms with Gasteiger partial charge in [0.1, 0.15) is 0 Å². The number of anilines is 1. The molecular weight excluding hydrogens is 238 g/mol. The summed E-state index contributed by atoms with van der Waals surface area (Å²) in [7, 11) is 0. The van der Waals surface area contributed by atoms with Gasteiger partial charge in [0.15, 0.2) is 0 Å². The Balaban J connectivity index is 2.16. The topological polar surface area (TPSA) is 62.4 Å². The van der Waals surface area contributed by atoms with Crippen LogP contribution in [0.3, 0.4) is 0 Å². The number of aliphatic hydroxyl groups is 1. The lowest BCUT2D eigenvalue weighted by atomic mass is 10.1. The molecule has 1 atom stereocenters. The first-order chi connectivity index (χ1) is 9.13. The number of nitrogen functional groups attached to an aromatic ring is 1. The lowest BCUT2D eigenvalue weighted by molar-refractivity contribution is 0.117. The van der Waals surface area contributed by atoms with Crippen molar-refractivity contribution in [3.05, 3.63) is 23.0 Å². The molecular formula is C15H25N3O. The van der Waals surface area contributed by atoms with Crippen molar-refractivity contribution in [1.29, 1.82) is 0 Å². The highest BCUT2D eigenvalue weighted by molar-refractivity contribution is 5.53. The quantitative estimate of drug-likeness (QED) is 0.876. The number of aromatic nitrogens is 1. The maximum absolute atomic E-state index is 9.55. The lowest BCUT2D eigenvalue weighted by Crippen LogP contribution is -2.37. The molecule has 1 unspecified atom stereocenters. The smallest absolute Gasteiger partial charge is 0.0593 e. The zero-order valence-electron chi connectivity index (χ0n) is 12.0. The van der Waals surface area contributed by atoms with E-state index in [1.54, 1.807) is 0 Å². The van der Waals surface area contributed by atoms with E-state index in [9.17, 15) is 5.11 Å². The van der Waals surface area contributed by atoms with Crippen LogP contribution < -0.4 is 5.73 Å². The summed E-state index contributed by atoms with van der Waals surface area (Å²) in [5, 5.41) is 9.55. The number of nitrogens with zero attached hydrogens (tertiary/aromatic N) is 2. The molecule has 1 saturated heterocycles. The molecule has 106 valence electrons. The Labute approximate surface area is 115 Å². The van der Waals surface area contributed by atoms with Crippen LogP contribution in [0.5, 0.6) is 0 Å². The molecule has 0 spiro atoms. The Morgan fingerprint density at radius 2 is 2.16 bits per heavy atom. The number of aryl methyl sites for hydroxylation is 1. The second kappa shape index (κ2) is 6.35. The summed E-state index contributed by atoms with van der Waals surface area (Å²) in [6, 6.07) is 0.270. The molecule has 0 aromatic carbocycles. The highest BCUT2D eigenvalue weighted by Gasteiger charge is 2.21. The number of nitrogens with two attached hydrogens (primary N) is 1. The Hall–Kier alpha value is -1.13. The predicted octanol–water partition coefficient (Wildman–Crippen LogP) is 2.02. The Kier molecular flexibility index (Phi) is 4.77. The zero-order chi connectivity index (χ0) is 13.8. The third kappa shape index (κ3) is 3.25. The van der Waals surface area contributed by atoms with Crippen molar-refractivity contribution >= 4 is 5.69 Å². The number of hydrogen-bond acceptors (Lipinski definition) is 4. The number of likely N-dealkylation sites (tertiary alicyclic amines) is 1. The van der Waals surface area contributed by atoms with E-state index in [0.29, 0.717) is 0 Å². The largest absolute Gasteiger partial charge is 0.398 e. The summed E-state index contributed by atoms with van der Waals surface area (Å²) in [6.07, 6.45) is 6.61. The van der Waals surface area contributed by atoms with Crippen LogP contribution in [0, 0.1) is 13.8 Å². The average Bonchev–Trinajstić information content (AvgIpc) is 2.64. The van der Waals surface area contributed by atoms with Gasteiger partial charge in [0.05, 0.1) is 12.3 Å². The monoisotopic (exact) mass is 263 g/mol. The van der Waals surface area contributed by atoms with Crippen molar-refractivity contribution in [2.45, 2.75) is 52.1 Å². The van der Waals surface area contributed by atoms with Crippen LogP contribution in [0.15, 0.2) is 6.20 Å². The summed E-state index contributed by atoms with van der Waals surface area (Å²) < 4.78 is 0. The molecule has 0 bridgehead atoms. The number of aliphatic hydroxyl groups excluding tert-OH is 1. The lowest BCUT2D eigenvalue weighted by Gasteiger charge is -2.28. The number of pyridine rings is 1. The van der Waals surface area contributed by atoms with Gasteiger partial charge in [-0.25, -0.2) is 0 Å². The molecule has 4 heteroatoms. The van der Waals surface area contributed by atoms with E-state index in [1.807, 2.05) is 20.0 Å². The van der Waals surface area contributed by atoms with E-state index in [0.717, 1.165) is 42.0 Å². The van der Waals surface area contributed by atoms with Crippen molar-refractivity contribution in [1.82, 2.24) is 9.88 Å².